The second kappa shape index (κ2) is 9.30. The van der Waals surface area contributed by atoms with Crippen LogP contribution in [-0.2, 0) is 26.9 Å². The van der Waals surface area contributed by atoms with Crippen LogP contribution in [-0.4, -0.2) is 29.7 Å². The Morgan fingerprint density at radius 2 is 1.53 bits per heavy atom. The SMILES string of the molecule is NC(Cc1cccc(C(F)(F)F)c1)[C@@H](C(=O)O)C(=O)OCC1c2ccccc2-c2ccccc21. The fraction of sp³-hybridized carbons (Fsp3) is 0.231. The molecule has 0 aliphatic heterocycles. The predicted molar refractivity (Wildman–Crippen MR) is 119 cm³/mol. The highest BCUT2D eigenvalue weighted by molar-refractivity contribution is 5.95. The zero-order valence-corrected chi connectivity index (χ0v) is 18.0. The van der Waals surface area contributed by atoms with Crippen molar-refractivity contribution in [3.05, 3.63) is 95.1 Å². The summed E-state index contributed by atoms with van der Waals surface area (Å²) in [4.78, 5) is 24.6. The topological polar surface area (TPSA) is 89.6 Å². The maximum Gasteiger partial charge on any atom is 0.416 e. The van der Waals surface area contributed by atoms with Gasteiger partial charge in [-0.05, 0) is 40.3 Å². The van der Waals surface area contributed by atoms with Gasteiger partial charge in [-0.25, -0.2) is 0 Å². The Kier molecular flexibility index (Phi) is 6.43. The standard InChI is InChI=1S/C26H22F3NO4/c27-26(28,29)16-7-5-6-15(12-16)13-22(30)23(24(31)32)25(33)34-14-21-19-10-3-1-8-17(19)18-9-2-4-11-20(18)21/h1-12,21-23H,13-14,30H2,(H,31,32)/t22?,23-/m0/s1. The molecule has 176 valence electrons. The molecule has 0 saturated heterocycles. The maximum atomic E-state index is 13.0. The van der Waals surface area contributed by atoms with E-state index in [9.17, 15) is 27.9 Å². The molecule has 1 aliphatic carbocycles. The van der Waals surface area contributed by atoms with E-state index in [1.54, 1.807) is 0 Å². The number of hydrogen-bond donors (Lipinski definition) is 2. The number of halogens is 3. The third-order valence-corrected chi connectivity index (χ3v) is 6.03. The van der Waals surface area contributed by atoms with Crippen molar-refractivity contribution in [2.24, 2.45) is 11.7 Å². The number of ether oxygens (including phenoxy) is 1. The Balaban J connectivity index is 1.49. The molecule has 0 amide bonds. The van der Waals surface area contributed by atoms with E-state index in [-0.39, 0.29) is 24.5 Å². The Morgan fingerprint density at radius 3 is 2.09 bits per heavy atom. The fourth-order valence-electron chi connectivity index (χ4n) is 4.42. The number of aliphatic carboxylic acids is 1. The second-order valence-corrected chi connectivity index (χ2v) is 8.24. The first-order valence-corrected chi connectivity index (χ1v) is 10.7. The van der Waals surface area contributed by atoms with E-state index in [1.807, 2.05) is 48.5 Å². The molecule has 8 heteroatoms. The summed E-state index contributed by atoms with van der Waals surface area (Å²) in [6.45, 7) is -0.0765. The average molecular weight is 469 g/mol. The number of alkyl halides is 3. The molecule has 0 bridgehead atoms. The normalized spacial score (nSPS) is 14.7. The number of hydrogen-bond acceptors (Lipinski definition) is 4. The second-order valence-electron chi connectivity index (χ2n) is 8.24. The minimum Gasteiger partial charge on any atom is -0.481 e. The highest BCUT2D eigenvalue weighted by Crippen LogP contribution is 2.44. The molecule has 34 heavy (non-hydrogen) atoms. The Labute approximate surface area is 194 Å². The number of carboxylic acids is 1. The maximum absolute atomic E-state index is 13.0. The number of carbonyl (C=O) groups excluding carboxylic acids is 1. The molecule has 3 aromatic rings. The average Bonchev–Trinajstić information content (AvgIpc) is 3.11. The van der Waals surface area contributed by atoms with E-state index >= 15 is 0 Å². The molecular weight excluding hydrogens is 447 g/mol. The van der Waals surface area contributed by atoms with Crippen LogP contribution < -0.4 is 5.73 Å². The number of carboxylic acid groups (broad SMARTS) is 1. The van der Waals surface area contributed by atoms with Gasteiger partial charge in [-0.1, -0.05) is 66.7 Å². The summed E-state index contributed by atoms with van der Waals surface area (Å²) in [5.41, 5.74) is 9.28. The molecular formula is C26H22F3NO4. The number of nitrogens with two attached hydrogens (primary N) is 1. The molecule has 0 radical (unpaired) electrons. The first-order chi connectivity index (χ1) is 16.2. The van der Waals surface area contributed by atoms with Crippen molar-refractivity contribution in [3.8, 4) is 11.1 Å². The zero-order valence-electron chi connectivity index (χ0n) is 18.0. The van der Waals surface area contributed by atoms with Gasteiger partial charge in [0.1, 0.15) is 6.61 Å². The molecule has 3 aromatic carbocycles. The van der Waals surface area contributed by atoms with Crippen molar-refractivity contribution < 1.29 is 32.6 Å². The van der Waals surface area contributed by atoms with Gasteiger partial charge < -0.3 is 15.6 Å². The molecule has 0 saturated carbocycles. The highest BCUT2D eigenvalue weighted by Gasteiger charge is 2.37. The first kappa shape index (κ1) is 23.5. The molecule has 3 N–H and O–H groups in total. The fourth-order valence-corrected chi connectivity index (χ4v) is 4.42. The van der Waals surface area contributed by atoms with Gasteiger partial charge in [0.05, 0.1) is 5.56 Å². The molecule has 0 spiro atoms. The number of fused-ring (bicyclic) bond motifs is 3. The van der Waals surface area contributed by atoms with E-state index in [0.717, 1.165) is 34.4 Å². The van der Waals surface area contributed by atoms with Crippen molar-refractivity contribution in [1.29, 1.82) is 0 Å². The summed E-state index contributed by atoms with van der Waals surface area (Å²) in [6.07, 6.45) is -4.77. The third kappa shape index (κ3) is 4.68. The summed E-state index contributed by atoms with van der Waals surface area (Å²) in [5, 5.41) is 9.62. The lowest BCUT2D eigenvalue weighted by molar-refractivity contribution is -0.159. The summed E-state index contributed by atoms with van der Waals surface area (Å²) < 4.78 is 44.4. The van der Waals surface area contributed by atoms with E-state index < -0.39 is 35.6 Å². The van der Waals surface area contributed by atoms with Crippen LogP contribution in [0.3, 0.4) is 0 Å². The largest absolute Gasteiger partial charge is 0.481 e. The van der Waals surface area contributed by atoms with Gasteiger partial charge >= 0.3 is 18.1 Å². The summed E-state index contributed by atoms with van der Waals surface area (Å²) in [5.74, 6) is -4.49. The lowest BCUT2D eigenvalue weighted by Gasteiger charge is -2.21. The molecule has 2 atom stereocenters. The number of carbonyl (C=O) groups is 2. The van der Waals surface area contributed by atoms with Crippen molar-refractivity contribution in [2.45, 2.75) is 24.6 Å². The van der Waals surface area contributed by atoms with Crippen LogP contribution in [0.15, 0.2) is 72.8 Å². The van der Waals surface area contributed by atoms with Crippen molar-refractivity contribution >= 4 is 11.9 Å². The van der Waals surface area contributed by atoms with Crippen LogP contribution in [0.25, 0.3) is 11.1 Å². The van der Waals surface area contributed by atoms with Crippen LogP contribution in [0.5, 0.6) is 0 Å². The number of rotatable bonds is 7. The predicted octanol–water partition coefficient (Wildman–Crippen LogP) is 4.63. The van der Waals surface area contributed by atoms with E-state index in [4.69, 9.17) is 10.5 Å². The van der Waals surface area contributed by atoms with E-state index in [2.05, 4.69) is 0 Å². The van der Waals surface area contributed by atoms with Crippen LogP contribution in [0.1, 0.15) is 28.2 Å². The Bertz CT molecular complexity index is 1180. The van der Waals surface area contributed by atoms with Crippen molar-refractivity contribution in [2.75, 3.05) is 6.61 Å². The van der Waals surface area contributed by atoms with Crippen molar-refractivity contribution in [3.63, 3.8) is 0 Å². The molecule has 0 heterocycles. The third-order valence-electron chi connectivity index (χ3n) is 6.03. The van der Waals surface area contributed by atoms with Crippen molar-refractivity contribution in [1.82, 2.24) is 0 Å². The van der Waals surface area contributed by atoms with Gasteiger partial charge in [-0.3, -0.25) is 9.59 Å². The molecule has 5 nitrogen and oxygen atoms in total. The van der Waals surface area contributed by atoms with E-state index in [0.29, 0.717) is 0 Å². The Hall–Kier alpha value is -3.65. The van der Waals surface area contributed by atoms with Crippen LogP contribution in [0.2, 0.25) is 0 Å². The van der Waals surface area contributed by atoms with E-state index in [1.165, 1.54) is 12.1 Å². The summed E-state index contributed by atoms with van der Waals surface area (Å²) in [7, 11) is 0. The zero-order chi connectivity index (χ0) is 24.5. The lowest BCUT2D eigenvalue weighted by atomic mass is 9.93. The van der Waals surface area contributed by atoms with Gasteiger partial charge in [0.25, 0.3) is 0 Å². The quantitative estimate of drug-likeness (QED) is 0.389. The van der Waals surface area contributed by atoms with Crippen LogP contribution >= 0.6 is 0 Å². The molecule has 4 rings (SSSR count). The highest BCUT2D eigenvalue weighted by atomic mass is 19.4. The monoisotopic (exact) mass is 469 g/mol. The Morgan fingerprint density at radius 1 is 0.941 bits per heavy atom. The molecule has 0 aromatic heterocycles. The molecule has 0 fully saturated rings. The number of benzene rings is 3. The lowest BCUT2D eigenvalue weighted by Crippen LogP contribution is -2.43. The minimum absolute atomic E-state index is 0.0765. The molecule has 1 aliphatic rings. The minimum atomic E-state index is -4.54. The van der Waals surface area contributed by atoms with Gasteiger partial charge in [-0.15, -0.1) is 0 Å². The van der Waals surface area contributed by atoms with Crippen LogP contribution in [0.4, 0.5) is 13.2 Å². The molecule has 1 unspecified atom stereocenters. The van der Waals surface area contributed by atoms with Gasteiger partial charge in [-0.2, -0.15) is 13.2 Å². The van der Waals surface area contributed by atoms with Crippen LogP contribution in [0, 0.1) is 5.92 Å². The van der Waals surface area contributed by atoms with Gasteiger partial charge in [0.2, 0.25) is 0 Å². The first-order valence-electron chi connectivity index (χ1n) is 10.7. The summed E-state index contributed by atoms with van der Waals surface area (Å²) in [6, 6.07) is 18.6. The summed E-state index contributed by atoms with van der Waals surface area (Å²) >= 11 is 0. The smallest absolute Gasteiger partial charge is 0.416 e. The number of esters is 1. The van der Waals surface area contributed by atoms with Gasteiger partial charge in [0.15, 0.2) is 5.92 Å². The van der Waals surface area contributed by atoms with Gasteiger partial charge in [0, 0.05) is 12.0 Å².